The third kappa shape index (κ3) is 5.06. The van der Waals surface area contributed by atoms with Gasteiger partial charge in [-0.3, -0.25) is 9.59 Å². The lowest BCUT2D eigenvalue weighted by Crippen LogP contribution is -2.29. The van der Waals surface area contributed by atoms with Gasteiger partial charge in [-0.15, -0.1) is 5.10 Å². The number of amidine groups is 1. The molecular formula is C18H16BN3O5S. The lowest BCUT2D eigenvalue weighted by Gasteiger charge is -2.04. The molecule has 142 valence electrons. The van der Waals surface area contributed by atoms with E-state index >= 15 is 0 Å². The number of carboxylic acids is 1. The summed E-state index contributed by atoms with van der Waals surface area (Å²) in [7, 11) is -1.50. The van der Waals surface area contributed by atoms with Crippen LogP contribution in [-0.4, -0.2) is 50.8 Å². The molecule has 1 unspecified atom stereocenters. The van der Waals surface area contributed by atoms with Crippen LogP contribution in [0.1, 0.15) is 12.0 Å². The monoisotopic (exact) mass is 397 g/mol. The van der Waals surface area contributed by atoms with Crippen LogP contribution in [0.3, 0.4) is 0 Å². The Morgan fingerprint density at radius 1 is 1.18 bits per heavy atom. The Labute approximate surface area is 165 Å². The quantitative estimate of drug-likeness (QED) is 0.318. The van der Waals surface area contributed by atoms with Crippen LogP contribution in [0.4, 0.5) is 0 Å². The SMILES string of the molecule is O=C(O)CC1SC(=NN=Cc2cccc(-c3ccc(B(O)O)cc3)c2)NC1=O. The molecule has 0 saturated carbocycles. The molecule has 1 saturated heterocycles. The van der Waals surface area contributed by atoms with E-state index in [0.717, 1.165) is 28.5 Å². The molecule has 0 bridgehead atoms. The van der Waals surface area contributed by atoms with Crippen LogP contribution in [0.5, 0.6) is 0 Å². The Kier molecular flexibility index (Phi) is 6.25. The third-order valence-electron chi connectivity index (χ3n) is 3.92. The molecular weight excluding hydrogens is 381 g/mol. The van der Waals surface area contributed by atoms with E-state index in [1.165, 1.54) is 6.21 Å². The van der Waals surface area contributed by atoms with Crippen LogP contribution in [-0.2, 0) is 9.59 Å². The lowest BCUT2D eigenvalue weighted by molar-refractivity contribution is -0.138. The average Bonchev–Trinajstić information content (AvgIpc) is 3.00. The molecule has 0 aliphatic carbocycles. The van der Waals surface area contributed by atoms with Gasteiger partial charge >= 0.3 is 13.1 Å². The second-order valence-electron chi connectivity index (χ2n) is 5.96. The van der Waals surface area contributed by atoms with Crippen molar-refractivity contribution in [2.75, 3.05) is 0 Å². The molecule has 1 heterocycles. The highest BCUT2D eigenvalue weighted by atomic mass is 32.2. The maximum absolute atomic E-state index is 11.7. The van der Waals surface area contributed by atoms with Crippen molar-refractivity contribution in [2.45, 2.75) is 11.7 Å². The number of nitrogens with one attached hydrogen (secondary N) is 1. The molecule has 1 aliphatic heterocycles. The maximum atomic E-state index is 11.7. The summed E-state index contributed by atoms with van der Waals surface area (Å²) in [5, 5.41) is 37.1. The zero-order valence-electron chi connectivity index (χ0n) is 14.5. The molecule has 3 rings (SSSR count). The van der Waals surface area contributed by atoms with Crippen molar-refractivity contribution in [3.05, 3.63) is 54.1 Å². The predicted molar refractivity (Wildman–Crippen MR) is 109 cm³/mol. The molecule has 2 aromatic carbocycles. The van der Waals surface area contributed by atoms with Crippen molar-refractivity contribution < 1.29 is 24.7 Å². The number of amides is 1. The van der Waals surface area contributed by atoms with Gasteiger partial charge in [0.25, 0.3) is 0 Å². The van der Waals surface area contributed by atoms with Crippen LogP contribution >= 0.6 is 11.8 Å². The van der Waals surface area contributed by atoms with E-state index in [-0.39, 0.29) is 17.5 Å². The first-order valence-corrected chi connectivity index (χ1v) is 9.17. The van der Waals surface area contributed by atoms with Gasteiger partial charge in [0.2, 0.25) is 5.91 Å². The highest BCUT2D eigenvalue weighted by Crippen LogP contribution is 2.22. The highest BCUT2D eigenvalue weighted by molar-refractivity contribution is 8.15. The summed E-state index contributed by atoms with van der Waals surface area (Å²) in [4.78, 5) is 22.4. The molecule has 0 spiro atoms. The number of benzene rings is 2. The molecule has 0 radical (unpaired) electrons. The Bertz CT molecular complexity index is 946. The summed E-state index contributed by atoms with van der Waals surface area (Å²) in [6.45, 7) is 0. The van der Waals surface area contributed by atoms with E-state index in [1.54, 1.807) is 24.3 Å². The molecule has 28 heavy (non-hydrogen) atoms. The average molecular weight is 397 g/mol. The first kappa shape index (κ1) is 19.8. The van der Waals surface area contributed by atoms with E-state index in [9.17, 15) is 9.59 Å². The van der Waals surface area contributed by atoms with Crippen molar-refractivity contribution in [3.63, 3.8) is 0 Å². The number of aliphatic carboxylic acids is 1. The van der Waals surface area contributed by atoms with Gasteiger partial charge in [0.05, 0.1) is 12.6 Å². The summed E-state index contributed by atoms with van der Waals surface area (Å²) in [5.41, 5.74) is 3.01. The van der Waals surface area contributed by atoms with E-state index < -0.39 is 18.3 Å². The standard InChI is InChI=1S/C18H16BN3O5S/c23-16(24)9-15-17(25)21-18(28-15)22-20-10-11-2-1-3-13(8-11)12-4-6-14(7-5-12)19(26)27/h1-8,10,15,26-27H,9H2,(H,23,24)(H,21,22,25). The third-order valence-corrected chi connectivity index (χ3v) is 4.99. The molecule has 4 N–H and O–H groups in total. The van der Waals surface area contributed by atoms with E-state index in [2.05, 4.69) is 15.5 Å². The number of carbonyl (C=O) groups excluding carboxylic acids is 1. The minimum absolute atomic E-state index is 0.266. The Balaban J connectivity index is 1.69. The van der Waals surface area contributed by atoms with Gasteiger partial charge in [-0.25, -0.2) is 0 Å². The largest absolute Gasteiger partial charge is 0.488 e. The lowest BCUT2D eigenvalue weighted by atomic mass is 9.80. The van der Waals surface area contributed by atoms with Crippen LogP contribution in [0.15, 0.2) is 58.7 Å². The predicted octanol–water partition coefficient (Wildman–Crippen LogP) is 0.430. The summed E-state index contributed by atoms with van der Waals surface area (Å²) in [6, 6.07) is 14.4. The number of thioether (sulfide) groups is 1. The number of rotatable bonds is 6. The first-order valence-electron chi connectivity index (χ1n) is 8.29. The van der Waals surface area contributed by atoms with E-state index in [1.807, 2.05) is 24.3 Å². The van der Waals surface area contributed by atoms with Gasteiger partial charge < -0.3 is 20.5 Å². The first-order chi connectivity index (χ1) is 13.4. The number of hydrogen-bond acceptors (Lipinski definition) is 7. The van der Waals surface area contributed by atoms with Gasteiger partial charge in [-0.2, -0.15) is 5.10 Å². The number of carboxylic acid groups (broad SMARTS) is 1. The minimum Gasteiger partial charge on any atom is -0.481 e. The Morgan fingerprint density at radius 2 is 1.93 bits per heavy atom. The molecule has 8 nitrogen and oxygen atoms in total. The summed E-state index contributed by atoms with van der Waals surface area (Å²) < 4.78 is 0. The van der Waals surface area contributed by atoms with Crippen LogP contribution in [0.2, 0.25) is 0 Å². The van der Waals surface area contributed by atoms with Crippen LogP contribution in [0, 0.1) is 0 Å². The molecule has 0 aromatic heterocycles. The van der Waals surface area contributed by atoms with E-state index in [0.29, 0.717) is 5.46 Å². The van der Waals surface area contributed by atoms with Crippen molar-refractivity contribution in [3.8, 4) is 11.1 Å². The van der Waals surface area contributed by atoms with Crippen LogP contribution in [0.25, 0.3) is 11.1 Å². The van der Waals surface area contributed by atoms with Gasteiger partial charge in [0.1, 0.15) is 5.25 Å². The van der Waals surface area contributed by atoms with Gasteiger partial charge in [0.15, 0.2) is 5.17 Å². The molecule has 1 aliphatic rings. The molecule has 10 heteroatoms. The van der Waals surface area contributed by atoms with Crippen molar-refractivity contribution >= 4 is 47.6 Å². The molecule has 1 fully saturated rings. The second-order valence-corrected chi connectivity index (χ2v) is 7.16. The van der Waals surface area contributed by atoms with Crippen molar-refractivity contribution in [1.82, 2.24) is 5.32 Å². The summed E-state index contributed by atoms with van der Waals surface area (Å²) in [5.74, 6) is -1.43. The molecule has 1 amide bonds. The van der Waals surface area contributed by atoms with Crippen molar-refractivity contribution in [1.29, 1.82) is 0 Å². The van der Waals surface area contributed by atoms with Gasteiger partial charge in [0, 0.05) is 0 Å². The number of hydrogen-bond donors (Lipinski definition) is 4. The zero-order chi connectivity index (χ0) is 20.1. The minimum atomic E-state index is -1.50. The van der Waals surface area contributed by atoms with Crippen molar-refractivity contribution in [2.24, 2.45) is 10.2 Å². The fourth-order valence-corrected chi connectivity index (χ4v) is 3.45. The van der Waals surface area contributed by atoms with Gasteiger partial charge in [-0.1, -0.05) is 54.2 Å². The number of nitrogens with zero attached hydrogens (tertiary/aromatic N) is 2. The Morgan fingerprint density at radius 3 is 2.61 bits per heavy atom. The summed E-state index contributed by atoms with van der Waals surface area (Å²) >= 11 is 1.04. The maximum Gasteiger partial charge on any atom is 0.488 e. The Hall–Kier alpha value is -2.95. The number of carbonyl (C=O) groups is 2. The molecule has 2 aromatic rings. The normalized spacial score (nSPS) is 17.9. The highest BCUT2D eigenvalue weighted by Gasteiger charge is 2.32. The fraction of sp³-hybridized carbons (Fsp3) is 0.111. The van der Waals surface area contributed by atoms with Crippen LogP contribution < -0.4 is 10.8 Å². The summed E-state index contributed by atoms with van der Waals surface area (Å²) in [6.07, 6.45) is 1.26. The topological polar surface area (TPSA) is 132 Å². The van der Waals surface area contributed by atoms with E-state index in [4.69, 9.17) is 15.2 Å². The van der Waals surface area contributed by atoms with Gasteiger partial charge in [-0.05, 0) is 28.2 Å². The second kappa shape index (κ2) is 8.83. The zero-order valence-corrected chi connectivity index (χ0v) is 15.3. The smallest absolute Gasteiger partial charge is 0.481 e. The fourth-order valence-electron chi connectivity index (χ4n) is 2.54. The molecule has 1 atom stereocenters.